The zero-order valence-electron chi connectivity index (χ0n) is 14.7. The lowest BCUT2D eigenvalue weighted by molar-refractivity contribution is 0.195. The Bertz CT molecular complexity index is 428. The Morgan fingerprint density at radius 3 is 1.82 bits per heavy atom. The van der Waals surface area contributed by atoms with Crippen molar-refractivity contribution in [1.82, 2.24) is 0 Å². The van der Waals surface area contributed by atoms with Crippen LogP contribution in [0.2, 0.25) is 0 Å². The fourth-order valence-corrected chi connectivity index (χ4v) is 4.77. The van der Waals surface area contributed by atoms with E-state index in [4.69, 9.17) is 0 Å². The van der Waals surface area contributed by atoms with Crippen LogP contribution in [0.25, 0.3) is 0 Å². The summed E-state index contributed by atoms with van der Waals surface area (Å²) in [6.45, 7) is 4.62. The molecular formula is C22H34. The summed E-state index contributed by atoms with van der Waals surface area (Å²) in [4.78, 5) is 0. The quantitative estimate of drug-likeness (QED) is 0.590. The minimum Gasteiger partial charge on any atom is -0.0625 e. The Morgan fingerprint density at radius 1 is 0.727 bits per heavy atom. The maximum Gasteiger partial charge on any atom is -0.0250 e. The van der Waals surface area contributed by atoms with Gasteiger partial charge in [-0.1, -0.05) is 75.3 Å². The lowest BCUT2D eigenvalue weighted by atomic mass is 9.72. The first-order valence-electron chi connectivity index (χ1n) is 9.74. The number of hydrogen-bond donors (Lipinski definition) is 0. The van der Waals surface area contributed by atoms with Gasteiger partial charge in [0.1, 0.15) is 0 Å². The molecule has 2 aliphatic rings. The van der Waals surface area contributed by atoms with Crippen LogP contribution in [0, 0.1) is 30.6 Å². The molecule has 0 aromatic heterocycles. The Labute approximate surface area is 137 Å². The standard InChI is InChI=1S/C22H34/c1-17-3-7-19(8-4-17)15-21-11-13-22(14-12-21)16-20-9-5-18(2)6-10-20/h3-4,7-8,18,20-22H,5-6,9-16H2,1-2H3. The molecule has 0 saturated heterocycles. The molecule has 0 heteroatoms. The van der Waals surface area contributed by atoms with Crippen molar-refractivity contribution in [2.45, 2.75) is 78.1 Å². The van der Waals surface area contributed by atoms with Crippen LogP contribution in [0.1, 0.15) is 75.8 Å². The second kappa shape index (κ2) is 7.66. The average molecular weight is 299 g/mol. The average Bonchev–Trinajstić information content (AvgIpc) is 2.54. The van der Waals surface area contributed by atoms with Gasteiger partial charge in [-0.05, 0) is 61.8 Å². The Morgan fingerprint density at radius 2 is 1.23 bits per heavy atom. The zero-order chi connectivity index (χ0) is 15.4. The molecule has 0 spiro atoms. The number of aryl methyl sites for hydroxylation is 1. The third kappa shape index (κ3) is 4.61. The molecule has 0 heterocycles. The van der Waals surface area contributed by atoms with E-state index in [1.54, 1.807) is 12.0 Å². The van der Waals surface area contributed by atoms with E-state index in [9.17, 15) is 0 Å². The SMILES string of the molecule is Cc1ccc(CC2CCC(CC3CCC(C)CC3)CC2)cc1. The number of benzene rings is 1. The Balaban J connectivity index is 1.39. The van der Waals surface area contributed by atoms with Crippen LogP contribution < -0.4 is 0 Å². The summed E-state index contributed by atoms with van der Waals surface area (Å²) in [6.07, 6.45) is 14.8. The smallest absolute Gasteiger partial charge is 0.0250 e. The number of hydrogen-bond acceptors (Lipinski definition) is 0. The van der Waals surface area contributed by atoms with Gasteiger partial charge in [0.15, 0.2) is 0 Å². The van der Waals surface area contributed by atoms with Crippen molar-refractivity contribution < 1.29 is 0 Å². The van der Waals surface area contributed by atoms with E-state index in [0.29, 0.717) is 0 Å². The minimum atomic E-state index is 0.949. The molecule has 3 rings (SSSR count). The van der Waals surface area contributed by atoms with Gasteiger partial charge in [0.25, 0.3) is 0 Å². The van der Waals surface area contributed by atoms with Crippen molar-refractivity contribution in [3.05, 3.63) is 35.4 Å². The molecule has 22 heavy (non-hydrogen) atoms. The first-order chi connectivity index (χ1) is 10.7. The molecule has 2 aliphatic carbocycles. The van der Waals surface area contributed by atoms with Crippen molar-refractivity contribution in [2.24, 2.45) is 23.7 Å². The third-order valence-corrected chi connectivity index (χ3v) is 6.41. The molecule has 0 radical (unpaired) electrons. The van der Waals surface area contributed by atoms with Crippen molar-refractivity contribution in [1.29, 1.82) is 0 Å². The summed E-state index contributed by atoms with van der Waals surface area (Å²) in [5.41, 5.74) is 2.93. The van der Waals surface area contributed by atoms with Crippen LogP contribution in [-0.2, 0) is 6.42 Å². The Hall–Kier alpha value is -0.780. The van der Waals surface area contributed by atoms with Gasteiger partial charge in [-0.25, -0.2) is 0 Å². The summed E-state index contributed by atoms with van der Waals surface area (Å²) >= 11 is 0. The topological polar surface area (TPSA) is 0 Å². The van der Waals surface area contributed by atoms with Crippen LogP contribution in [-0.4, -0.2) is 0 Å². The summed E-state index contributed by atoms with van der Waals surface area (Å²) < 4.78 is 0. The van der Waals surface area contributed by atoms with Gasteiger partial charge in [-0.2, -0.15) is 0 Å². The lowest BCUT2D eigenvalue weighted by Crippen LogP contribution is -2.21. The van der Waals surface area contributed by atoms with Crippen LogP contribution in [0.5, 0.6) is 0 Å². The highest BCUT2D eigenvalue weighted by molar-refractivity contribution is 5.21. The van der Waals surface area contributed by atoms with Gasteiger partial charge in [-0.3, -0.25) is 0 Å². The van der Waals surface area contributed by atoms with E-state index < -0.39 is 0 Å². The molecule has 0 atom stereocenters. The lowest BCUT2D eigenvalue weighted by Gasteiger charge is -2.33. The molecule has 1 aromatic carbocycles. The molecule has 1 aromatic rings. The maximum atomic E-state index is 2.44. The van der Waals surface area contributed by atoms with E-state index in [-0.39, 0.29) is 0 Å². The predicted octanol–water partition coefficient (Wildman–Crippen LogP) is 6.56. The van der Waals surface area contributed by atoms with Gasteiger partial charge in [0.05, 0.1) is 0 Å². The van der Waals surface area contributed by atoms with Gasteiger partial charge in [0.2, 0.25) is 0 Å². The molecule has 122 valence electrons. The molecule has 0 amide bonds. The van der Waals surface area contributed by atoms with E-state index in [1.165, 1.54) is 63.4 Å². The van der Waals surface area contributed by atoms with Crippen LogP contribution in [0.3, 0.4) is 0 Å². The zero-order valence-corrected chi connectivity index (χ0v) is 14.7. The summed E-state index contributed by atoms with van der Waals surface area (Å²) in [5.74, 6) is 4.06. The largest absolute Gasteiger partial charge is 0.0625 e. The van der Waals surface area contributed by atoms with Crippen LogP contribution in [0.15, 0.2) is 24.3 Å². The molecular weight excluding hydrogens is 264 g/mol. The van der Waals surface area contributed by atoms with Crippen molar-refractivity contribution >= 4 is 0 Å². The first-order valence-corrected chi connectivity index (χ1v) is 9.74. The summed E-state index contributed by atoms with van der Waals surface area (Å²) in [7, 11) is 0. The van der Waals surface area contributed by atoms with Gasteiger partial charge < -0.3 is 0 Å². The van der Waals surface area contributed by atoms with E-state index in [0.717, 1.165) is 23.7 Å². The molecule has 2 saturated carbocycles. The van der Waals surface area contributed by atoms with Crippen molar-refractivity contribution in [3.8, 4) is 0 Å². The maximum absolute atomic E-state index is 2.44. The number of rotatable bonds is 4. The van der Waals surface area contributed by atoms with E-state index in [1.807, 2.05) is 0 Å². The highest BCUT2D eigenvalue weighted by Crippen LogP contribution is 2.38. The second-order valence-electron chi connectivity index (χ2n) is 8.44. The van der Waals surface area contributed by atoms with Gasteiger partial charge in [-0.15, -0.1) is 0 Å². The molecule has 0 N–H and O–H groups in total. The normalized spacial score (nSPS) is 32.8. The fourth-order valence-electron chi connectivity index (χ4n) is 4.77. The summed E-state index contributed by atoms with van der Waals surface area (Å²) in [5, 5.41) is 0. The third-order valence-electron chi connectivity index (χ3n) is 6.41. The first kappa shape index (κ1) is 16.1. The highest BCUT2D eigenvalue weighted by Gasteiger charge is 2.25. The van der Waals surface area contributed by atoms with Crippen LogP contribution >= 0.6 is 0 Å². The predicted molar refractivity (Wildman–Crippen MR) is 96.1 cm³/mol. The molecule has 0 unspecified atom stereocenters. The van der Waals surface area contributed by atoms with Gasteiger partial charge >= 0.3 is 0 Å². The molecule has 2 fully saturated rings. The second-order valence-corrected chi connectivity index (χ2v) is 8.44. The van der Waals surface area contributed by atoms with Crippen molar-refractivity contribution in [2.75, 3.05) is 0 Å². The Kier molecular flexibility index (Phi) is 5.61. The van der Waals surface area contributed by atoms with Crippen molar-refractivity contribution in [3.63, 3.8) is 0 Å². The molecule has 0 nitrogen and oxygen atoms in total. The highest BCUT2D eigenvalue weighted by atomic mass is 14.3. The molecule has 0 bridgehead atoms. The fraction of sp³-hybridized carbons (Fsp3) is 0.727. The monoisotopic (exact) mass is 298 g/mol. The van der Waals surface area contributed by atoms with Gasteiger partial charge in [0, 0.05) is 0 Å². The van der Waals surface area contributed by atoms with Crippen LogP contribution in [0.4, 0.5) is 0 Å². The summed E-state index contributed by atoms with van der Waals surface area (Å²) in [6, 6.07) is 9.21. The minimum absolute atomic E-state index is 0.949. The molecule has 0 aliphatic heterocycles. The van der Waals surface area contributed by atoms with E-state index in [2.05, 4.69) is 38.1 Å². The van der Waals surface area contributed by atoms with E-state index >= 15 is 0 Å².